The van der Waals surface area contributed by atoms with E-state index in [0.29, 0.717) is 6.04 Å². The minimum absolute atomic E-state index is 0.270. The van der Waals surface area contributed by atoms with Crippen LogP contribution in [0.3, 0.4) is 0 Å². The monoisotopic (exact) mass is 270 g/mol. The molecule has 1 saturated heterocycles. The molecule has 0 radical (unpaired) electrons. The first kappa shape index (κ1) is 13.8. The predicted molar refractivity (Wildman–Crippen MR) is 73.4 cm³/mol. The minimum atomic E-state index is -0.323. The van der Waals surface area contributed by atoms with Crippen molar-refractivity contribution in [1.82, 2.24) is 10.2 Å². The Labute approximate surface area is 113 Å². The van der Waals surface area contributed by atoms with Crippen LogP contribution in [0, 0.1) is 5.82 Å². The summed E-state index contributed by atoms with van der Waals surface area (Å²) in [6.45, 7) is 2.79. The topological polar surface area (TPSA) is 15.3 Å². The Morgan fingerprint density at radius 2 is 2.28 bits per heavy atom. The normalized spacial score (nSPS) is 21.2. The van der Waals surface area contributed by atoms with Gasteiger partial charge in [0.15, 0.2) is 0 Å². The molecule has 1 unspecified atom stereocenters. The predicted octanol–water partition coefficient (Wildman–Crippen LogP) is 3.05. The van der Waals surface area contributed by atoms with Gasteiger partial charge in [-0.3, -0.25) is 4.90 Å². The van der Waals surface area contributed by atoms with E-state index in [9.17, 15) is 4.39 Å². The van der Waals surface area contributed by atoms with E-state index >= 15 is 0 Å². The van der Waals surface area contributed by atoms with Gasteiger partial charge in [0, 0.05) is 19.1 Å². The Kier molecular flexibility index (Phi) is 4.98. The van der Waals surface area contributed by atoms with E-state index in [0.717, 1.165) is 25.2 Å². The molecule has 2 nitrogen and oxygen atoms in total. The summed E-state index contributed by atoms with van der Waals surface area (Å²) in [5, 5.41) is 3.50. The van der Waals surface area contributed by atoms with Crippen LogP contribution in [0.2, 0.25) is 5.02 Å². The van der Waals surface area contributed by atoms with Crippen LogP contribution < -0.4 is 5.32 Å². The highest BCUT2D eigenvalue weighted by molar-refractivity contribution is 6.31. The molecule has 1 aliphatic rings. The summed E-state index contributed by atoms with van der Waals surface area (Å²) in [6.07, 6.45) is 3.70. The summed E-state index contributed by atoms with van der Waals surface area (Å²) in [5.41, 5.74) is 0.889. The number of nitrogens with one attached hydrogen (secondary N) is 1. The Hall–Kier alpha value is -0.640. The number of benzene rings is 1. The first-order valence-electron chi connectivity index (χ1n) is 6.54. The number of hydrogen-bond acceptors (Lipinski definition) is 2. The third-order valence-corrected chi connectivity index (χ3v) is 4.02. The van der Waals surface area contributed by atoms with Gasteiger partial charge in [0.2, 0.25) is 0 Å². The zero-order chi connectivity index (χ0) is 13.0. The van der Waals surface area contributed by atoms with Crippen molar-refractivity contribution in [2.24, 2.45) is 0 Å². The second-order valence-electron chi connectivity index (χ2n) is 4.89. The van der Waals surface area contributed by atoms with Crippen LogP contribution in [-0.2, 0) is 6.54 Å². The van der Waals surface area contributed by atoms with Gasteiger partial charge in [-0.25, -0.2) is 4.39 Å². The van der Waals surface area contributed by atoms with Gasteiger partial charge in [-0.2, -0.15) is 0 Å². The maximum Gasteiger partial charge on any atom is 0.142 e. The van der Waals surface area contributed by atoms with Gasteiger partial charge < -0.3 is 5.32 Å². The van der Waals surface area contributed by atoms with E-state index in [1.807, 2.05) is 13.1 Å². The summed E-state index contributed by atoms with van der Waals surface area (Å²) in [7, 11) is 1.97. The SMILES string of the molecule is CNCC1CCCCN1Cc1cccc(F)c1Cl. The van der Waals surface area contributed by atoms with E-state index < -0.39 is 0 Å². The van der Waals surface area contributed by atoms with Crippen molar-refractivity contribution in [3.8, 4) is 0 Å². The Bertz CT molecular complexity index is 395. The van der Waals surface area contributed by atoms with Crippen LogP contribution in [0.1, 0.15) is 24.8 Å². The minimum Gasteiger partial charge on any atom is -0.318 e. The van der Waals surface area contributed by atoms with Crippen molar-refractivity contribution < 1.29 is 4.39 Å². The number of nitrogens with zero attached hydrogens (tertiary/aromatic N) is 1. The summed E-state index contributed by atoms with van der Waals surface area (Å²) in [5.74, 6) is -0.323. The molecule has 0 spiro atoms. The van der Waals surface area contributed by atoms with E-state index in [2.05, 4.69) is 10.2 Å². The molecule has 1 atom stereocenters. The lowest BCUT2D eigenvalue weighted by atomic mass is 10.0. The maximum absolute atomic E-state index is 13.4. The number of likely N-dealkylation sites (tertiary alicyclic amines) is 1. The first-order chi connectivity index (χ1) is 8.72. The average Bonchev–Trinajstić information content (AvgIpc) is 2.37. The second kappa shape index (κ2) is 6.50. The highest BCUT2D eigenvalue weighted by atomic mass is 35.5. The van der Waals surface area contributed by atoms with Crippen LogP contribution >= 0.6 is 11.6 Å². The number of halogens is 2. The Morgan fingerprint density at radius 1 is 1.44 bits per heavy atom. The lowest BCUT2D eigenvalue weighted by Gasteiger charge is -2.35. The third-order valence-electron chi connectivity index (χ3n) is 3.59. The largest absolute Gasteiger partial charge is 0.318 e. The molecule has 0 amide bonds. The molecule has 0 aliphatic carbocycles. The molecular formula is C14H20ClFN2. The molecule has 18 heavy (non-hydrogen) atoms. The fourth-order valence-corrected chi connectivity index (χ4v) is 2.81. The number of hydrogen-bond donors (Lipinski definition) is 1. The summed E-state index contributed by atoms with van der Waals surface area (Å²) in [4.78, 5) is 2.40. The second-order valence-corrected chi connectivity index (χ2v) is 5.27. The molecular weight excluding hydrogens is 251 g/mol. The van der Waals surface area contributed by atoms with E-state index in [1.54, 1.807) is 6.07 Å². The van der Waals surface area contributed by atoms with Crippen LogP contribution in [0.4, 0.5) is 4.39 Å². The van der Waals surface area contributed by atoms with Crippen molar-refractivity contribution in [3.05, 3.63) is 34.6 Å². The maximum atomic E-state index is 13.4. The van der Waals surface area contributed by atoms with Gasteiger partial charge >= 0.3 is 0 Å². The molecule has 1 heterocycles. The zero-order valence-electron chi connectivity index (χ0n) is 10.8. The highest BCUT2D eigenvalue weighted by Gasteiger charge is 2.22. The summed E-state index contributed by atoms with van der Waals surface area (Å²) in [6, 6.07) is 5.58. The van der Waals surface area contributed by atoms with E-state index in [4.69, 9.17) is 11.6 Å². The summed E-state index contributed by atoms with van der Waals surface area (Å²) >= 11 is 6.02. The molecule has 100 valence electrons. The number of piperidine rings is 1. The van der Waals surface area contributed by atoms with Crippen LogP contribution in [-0.4, -0.2) is 31.1 Å². The standard InChI is InChI=1S/C14H20ClFN2/c1-17-9-12-6-2-3-8-18(12)10-11-5-4-7-13(16)14(11)15/h4-5,7,12,17H,2-3,6,8-10H2,1H3. The number of rotatable bonds is 4. The molecule has 1 aromatic rings. The van der Waals surface area contributed by atoms with Crippen LogP contribution in [0.15, 0.2) is 18.2 Å². The molecule has 1 N–H and O–H groups in total. The number of likely N-dealkylation sites (N-methyl/N-ethyl adjacent to an activating group) is 1. The first-order valence-corrected chi connectivity index (χ1v) is 6.91. The molecule has 0 saturated carbocycles. The molecule has 2 rings (SSSR count). The van der Waals surface area contributed by atoms with Crippen LogP contribution in [0.5, 0.6) is 0 Å². The van der Waals surface area contributed by atoms with Crippen molar-refractivity contribution in [2.45, 2.75) is 31.8 Å². The lowest BCUT2D eigenvalue weighted by Crippen LogP contribution is -2.44. The lowest BCUT2D eigenvalue weighted by molar-refractivity contribution is 0.139. The highest BCUT2D eigenvalue weighted by Crippen LogP contribution is 2.24. The van der Waals surface area contributed by atoms with Gasteiger partial charge in [-0.05, 0) is 38.1 Å². The van der Waals surface area contributed by atoms with Crippen molar-refractivity contribution >= 4 is 11.6 Å². The Morgan fingerprint density at radius 3 is 3.06 bits per heavy atom. The van der Waals surface area contributed by atoms with Gasteiger partial charge in [-0.15, -0.1) is 0 Å². The molecule has 1 aromatic carbocycles. The summed E-state index contributed by atoms with van der Waals surface area (Å²) < 4.78 is 13.4. The van der Waals surface area contributed by atoms with Gasteiger partial charge in [0.25, 0.3) is 0 Å². The van der Waals surface area contributed by atoms with Gasteiger partial charge in [0.1, 0.15) is 5.82 Å². The fourth-order valence-electron chi connectivity index (χ4n) is 2.62. The molecule has 1 aliphatic heterocycles. The molecule has 1 fully saturated rings. The Balaban J connectivity index is 2.08. The quantitative estimate of drug-likeness (QED) is 0.905. The van der Waals surface area contributed by atoms with E-state index in [-0.39, 0.29) is 10.8 Å². The van der Waals surface area contributed by atoms with Crippen molar-refractivity contribution in [3.63, 3.8) is 0 Å². The molecule has 0 aromatic heterocycles. The molecule has 4 heteroatoms. The molecule has 0 bridgehead atoms. The van der Waals surface area contributed by atoms with Crippen molar-refractivity contribution in [2.75, 3.05) is 20.1 Å². The van der Waals surface area contributed by atoms with Crippen molar-refractivity contribution in [1.29, 1.82) is 0 Å². The third kappa shape index (κ3) is 3.22. The van der Waals surface area contributed by atoms with E-state index in [1.165, 1.54) is 25.3 Å². The fraction of sp³-hybridized carbons (Fsp3) is 0.571. The zero-order valence-corrected chi connectivity index (χ0v) is 11.5. The van der Waals surface area contributed by atoms with Crippen LogP contribution in [0.25, 0.3) is 0 Å². The average molecular weight is 271 g/mol. The van der Waals surface area contributed by atoms with Gasteiger partial charge in [-0.1, -0.05) is 30.2 Å². The van der Waals surface area contributed by atoms with Gasteiger partial charge in [0.05, 0.1) is 5.02 Å². The smallest absolute Gasteiger partial charge is 0.142 e.